The van der Waals surface area contributed by atoms with Crippen molar-refractivity contribution in [1.29, 1.82) is 0 Å². The van der Waals surface area contributed by atoms with Gasteiger partial charge in [-0.15, -0.1) is 0 Å². The molecule has 0 amide bonds. The molecule has 5 aromatic carbocycles. The molecule has 5 aromatic rings. The number of esters is 5. The monoisotopic (exact) mass is 1130 g/mol. The summed E-state index contributed by atoms with van der Waals surface area (Å²) in [5.74, 6) is -0.974. The summed E-state index contributed by atoms with van der Waals surface area (Å²) in [7, 11) is 0. The van der Waals surface area contributed by atoms with Gasteiger partial charge in [-0.05, 0) is 142 Å². The molecule has 0 heterocycles. The van der Waals surface area contributed by atoms with Gasteiger partial charge in [0, 0.05) is 41.5 Å². The lowest BCUT2D eigenvalue weighted by molar-refractivity contribution is -0.435. The molecule has 0 aliphatic carbocycles. The van der Waals surface area contributed by atoms with Gasteiger partial charge in [0.1, 0.15) is 34.4 Å². The summed E-state index contributed by atoms with van der Waals surface area (Å²) in [6.45, 7) is 9.08. The molecule has 19 nitrogen and oxygen atoms in total. The van der Waals surface area contributed by atoms with Gasteiger partial charge in [-0.3, -0.25) is 10.1 Å². The molecule has 0 unspecified atom stereocenters. The number of rotatable bonds is 40. The van der Waals surface area contributed by atoms with Gasteiger partial charge in [0.05, 0.1) is 61.3 Å². The zero-order valence-electron chi connectivity index (χ0n) is 46.4. The van der Waals surface area contributed by atoms with Crippen molar-refractivity contribution in [2.45, 2.75) is 116 Å². The maximum Gasteiger partial charge on any atom is 0.344 e. The van der Waals surface area contributed by atoms with Gasteiger partial charge in [0.15, 0.2) is 0 Å². The van der Waals surface area contributed by atoms with Crippen LogP contribution in [-0.2, 0) is 23.8 Å². The average molecular weight is 1130 g/mol. The van der Waals surface area contributed by atoms with Crippen LogP contribution in [0.3, 0.4) is 0 Å². The minimum absolute atomic E-state index is 0.00358. The number of nitro groups is 1. The average Bonchev–Trinajstić information content (AvgIpc) is 3.70. The summed E-state index contributed by atoms with van der Waals surface area (Å²) >= 11 is 0. The Morgan fingerprint density at radius 2 is 0.768 bits per heavy atom. The third-order valence-corrected chi connectivity index (χ3v) is 12.6. The van der Waals surface area contributed by atoms with Crippen LogP contribution in [0.15, 0.2) is 146 Å². The van der Waals surface area contributed by atoms with E-state index in [1.807, 2.05) is 0 Å². The quantitative estimate of drug-likeness (QED) is 0.00407. The van der Waals surface area contributed by atoms with Gasteiger partial charge in [-0.25, -0.2) is 24.0 Å². The zero-order valence-corrected chi connectivity index (χ0v) is 46.4. The van der Waals surface area contributed by atoms with E-state index in [1.54, 1.807) is 72.8 Å². The molecule has 436 valence electrons. The molecule has 0 saturated carbocycles. The van der Waals surface area contributed by atoms with E-state index in [-0.39, 0.29) is 46.2 Å². The van der Waals surface area contributed by atoms with Crippen LogP contribution >= 0.6 is 0 Å². The predicted molar refractivity (Wildman–Crippen MR) is 306 cm³/mol. The number of nitro benzene ring substituents is 1. The molecular weight excluding hydrogens is 1050 g/mol. The van der Waals surface area contributed by atoms with E-state index < -0.39 is 34.8 Å². The van der Waals surface area contributed by atoms with Crippen molar-refractivity contribution >= 4 is 46.9 Å². The first-order valence-corrected chi connectivity index (χ1v) is 27.9. The molecule has 0 aliphatic heterocycles. The first kappa shape index (κ1) is 64.0. The number of nitrogens with zero attached hydrogens (tertiary/aromatic N) is 3. The third kappa shape index (κ3) is 24.7. The van der Waals surface area contributed by atoms with E-state index in [4.69, 9.17) is 37.9 Å². The lowest BCUT2D eigenvalue weighted by Crippen LogP contribution is -2.18. The summed E-state index contributed by atoms with van der Waals surface area (Å²) in [5.41, 5.74) is 0.0898. The molecule has 0 bridgehead atoms. The van der Waals surface area contributed by atoms with Crippen LogP contribution in [0, 0.1) is 15.3 Å². The molecule has 0 spiro atoms. The molecule has 0 N–H and O–H groups in total. The van der Waals surface area contributed by atoms with Crippen LogP contribution in [0.1, 0.15) is 147 Å². The predicted octanol–water partition coefficient (Wildman–Crippen LogP) is 14.4. The van der Waals surface area contributed by atoms with E-state index >= 15 is 0 Å². The smallest absolute Gasteiger partial charge is 0.344 e. The van der Waals surface area contributed by atoms with Crippen LogP contribution in [0.2, 0.25) is 0 Å². The topological polar surface area (TPSA) is 241 Å². The molecule has 0 aliphatic rings. The summed E-state index contributed by atoms with van der Waals surface area (Å²) in [4.78, 5) is 73.9. The number of azo groups is 1. The Kier molecular flexibility index (Phi) is 29.0. The summed E-state index contributed by atoms with van der Waals surface area (Å²) in [6.07, 6.45) is 18.8. The highest BCUT2D eigenvalue weighted by atomic mass is 16.6. The van der Waals surface area contributed by atoms with Crippen molar-refractivity contribution in [1.82, 2.24) is 0 Å². The lowest BCUT2D eigenvalue weighted by atomic mass is 10.0. The number of ether oxygens (including phenoxy) is 8. The normalized spacial score (nSPS) is 11.0. The zero-order chi connectivity index (χ0) is 58.6. The Morgan fingerprint density at radius 1 is 0.402 bits per heavy atom. The maximum absolute atomic E-state index is 13.7. The minimum atomic E-state index is -0.840. The van der Waals surface area contributed by atoms with Gasteiger partial charge < -0.3 is 43.1 Å². The van der Waals surface area contributed by atoms with Gasteiger partial charge >= 0.3 is 29.8 Å². The molecular formula is C63H73N3O16. The van der Waals surface area contributed by atoms with Gasteiger partial charge in [-0.2, -0.15) is 0 Å². The van der Waals surface area contributed by atoms with Crippen molar-refractivity contribution in [3.8, 4) is 28.7 Å². The molecule has 0 saturated heterocycles. The van der Waals surface area contributed by atoms with E-state index in [0.717, 1.165) is 102 Å². The van der Waals surface area contributed by atoms with Crippen LogP contribution in [0.5, 0.6) is 28.7 Å². The fourth-order valence-electron chi connectivity index (χ4n) is 8.04. The summed E-state index contributed by atoms with van der Waals surface area (Å²) in [5, 5.41) is 27.3. The van der Waals surface area contributed by atoms with Crippen molar-refractivity contribution in [2.24, 2.45) is 5.11 Å². The second-order valence-electron chi connectivity index (χ2n) is 18.9. The molecule has 0 atom stereocenters. The van der Waals surface area contributed by atoms with E-state index in [1.165, 1.54) is 48.5 Å². The highest BCUT2D eigenvalue weighted by Gasteiger charge is 2.24. The second-order valence-corrected chi connectivity index (χ2v) is 18.9. The first-order valence-electron chi connectivity index (χ1n) is 27.9. The first-order chi connectivity index (χ1) is 39.9. The van der Waals surface area contributed by atoms with Crippen LogP contribution in [-0.4, -0.2) is 79.3 Å². The van der Waals surface area contributed by atoms with Gasteiger partial charge in [0.2, 0.25) is 5.69 Å². The van der Waals surface area contributed by atoms with E-state index in [2.05, 4.69) is 18.3 Å². The van der Waals surface area contributed by atoms with Crippen LogP contribution < -0.4 is 23.7 Å². The summed E-state index contributed by atoms with van der Waals surface area (Å²) in [6, 6.07) is 28.8. The molecule has 0 aromatic heterocycles. The molecule has 0 fully saturated rings. The van der Waals surface area contributed by atoms with Crippen molar-refractivity contribution in [3.63, 3.8) is 0 Å². The van der Waals surface area contributed by atoms with Crippen molar-refractivity contribution < 1.29 is 71.7 Å². The molecule has 5 rings (SSSR count). The number of carbonyl (C=O) groups is 5. The standard InChI is InChI=1S/C63H73N3O16/c1-3-59(67)78-44-20-13-9-5-7-11-17-41-76-53-32-36-55(37-33-53)81-61(69)48-23-40-57(63(71)82-56-38-34-54(35-39-56)77-42-18-12-8-6-10-14-21-45-79-60(68)4-2)58(47-48)62(70)80-46-22-16-15-19-43-75-52-30-24-49(25-31-52)64-65(72)50-26-28-51(29-27-50)66(73)74/h3-4,23-40,47H,1-2,5-22,41-46H2. The number of carbonyl (C=O) groups excluding carboxylic acids is 5. The Bertz CT molecular complexity index is 2830. The maximum atomic E-state index is 13.7. The SMILES string of the molecule is C=CC(=O)OCCCCCCCCCOc1ccc(OC(=O)c2ccc(C(=O)Oc3ccc(OCCCCCCCCCOC(=O)C=C)cc3)c(C(=O)OCCCCCCOc3ccc(N=[N+]([O-])c4ccc([N+](=O)[O-])cc4)cc3)c2)cc1. The largest absolute Gasteiger partial charge is 0.594 e. The third-order valence-electron chi connectivity index (χ3n) is 12.6. The Morgan fingerprint density at radius 3 is 1.20 bits per heavy atom. The van der Waals surface area contributed by atoms with Crippen LogP contribution in [0.4, 0.5) is 17.1 Å². The van der Waals surface area contributed by atoms with Crippen LogP contribution in [0.25, 0.3) is 0 Å². The number of unbranched alkanes of at least 4 members (excludes halogenated alkanes) is 15. The molecule has 0 radical (unpaired) electrons. The number of hydrogen-bond acceptors (Lipinski definition) is 17. The summed E-state index contributed by atoms with van der Waals surface area (Å²) < 4.78 is 44.6. The van der Waals surface area contributed by atoms with E-state index in [9.17, 15) is 39.3 Å². The minimum Gasteiger partial charge on any atom is -0.594 e. The highest BCUT2D eigenvalue weighted by Crippen LogP contribution is 2.26. The number of hydrogen-bond donors (Lipinski definition) is 0. The lowest BCUT2D eigenvalue weighted by Gasteiger charge is -2.12. The van der Waals surface area contributed by atoms with Crippen molar-refractivity contribution in [2.75, 3.05) is 39.6 Å². The second kappa shape index (κ2) is 37.1. The Labute approximate surface area is 478 Å². The molecule has 19 heteroatoms. The Balaban J connectivity index is 1.08. The fraction of sp³-hybridized carbons (Fsp3) is 0.381. The molecule has 82 heavy (non-hydrogen) atoms. The van der Waals surface area contributed by atoms with E-state index in [0.29, 0.717) is 80.1 Å². The van der Waals surface area contributed by atoms with Crippen molar-refractivity contribution in [3.05, 3.63) is 173 Å². The van der Waals surface area contributed by atoms with Gasteiger partial charge in [-0.1, -0.05) is 82.2 Å². The number of non-ortho nitro benzene ring substituents is 1. The Hall–Kier alpha value is -8.87. The fourth-order valence-corrected chi connectivity index (χ4v) is 8.04. The number of benzene rings is 5. The van der Waals surface area contributed by atoms with Gasteiger partial charge in [0.25, 0.3) is 5.69 Å². The highest BCUT2D eigenvalue weighted by molar-refractivity contribution is 6.06.